The summed E-state index contributed by atoms with van der Waals surface area (Å²) in [5.41, 5.74) is 4.71. The van der Waals surface area contributed by atoms with Crippen LogP contribution in [0.4, 0.5) is 15.3 Å². The summed E-state index contributed by atoms with van der Waals surface area (Å²) in [6.45, 7) is 5.22. The zero-order valence-corrected chi connectivity index (χ0v) is 49.2. The smallest absolute Gasteiger partial charge is 0.410 e. The number of hydrogen-bond acceptors (Lipinski definition) is 13. The number of para-hydroxylation sites is 1. The van der Waals surface area contributed by atoms with Crippen molar-refractivity contribution in [3.63, 3.8) is 0 Å². The summed E-state index contributed by atoms with van der Waals surface area (Å²) in [7, 11) is 1.19. The Morgan fingerprint density at radius 2 is 1.21 bits per heavy atom. The predicted octanol–water partition coefficient (Wildman–Crippen LogP) is 4.11. The highest BCUT2D eigenvalue weighted by Crippen LogP contribution is 2.27. The van der Waals surface area contributed by atoms with Gasteiger partial charge in [0.05, 0.1) is 33.4 Å². The van der Waals surface area contributed by atoms with Gasteiger partial charge in [0.2, 0.25) is 29.5 Å². The average Bonchev–Trinajstić information content (AvgIpc) is 4.51. The number of esters is 1. The van der Waals surface area contributed by atoms with E-state index in [0.717, 1.165) is 10.6 Å². The Hall–Kier alpha value is -9.06. The molecule has 0 bridgehead atoms. The molecule has 6 atom stereocenters. The Balaban J connectivity index is 1.02. The number of likely N-dealkylation sites (tertiary alicyclic amines) is 3. The number of nitrogens with zero attached hydrogens (tertiary/aromatic N) is 4. The first-order chi connectivity index (χ1) is 41.4. The number of guanidine groups is 1. The van der Waals surface area contributed by atoms with E-state index in [1.165, 1.54) is 21.8 Å². The summed E-state index contributed by atoms with van der Waals surface area (Å²) < 4.78 is 16.7. The Morgan fingerprint density at radius 3 is 1.84 bits per heavy atom. The summed E-state index contributed by atoms with van der Waals surface area (Å²) in [5.74, 6) is -4.54. The molecular weight excluding hydrogens is 1100 g/mol. The van der Waals surface area contributed by atoms with Crippen molar-refractivity contribution in [1.29, 1.82) is 5.41 Å². The molecule has 3 aliphatic rings. The topological polar surface area (TPSA) is 302 Å². The number of nitrogens with one attached hydrogen (secondary N) is 8. The third kappa shape index (κ3) is 19.2. The fourth-order valence-electron chi connectivity index (χ4n) is 10.4. The van der Waals surface area contributed by atoms with Gasteiger partial charge in [-0.1, -0.05) is 109 Å². The molecular formula is C62H80N12O12. The minimum atomic E-state index is -1.40. The number of rotatable bonds is 24. The van der Waals surface area contributed by atoms with E-state index in [4.69, 9.17) is 19.6 Å². The number of anilines is 1. The van der Waals surface area contributed by atoms with E-state index in [0.29, 0.717) is 61.9 Å². The van der Waals surface area contributed by atoms with Gasteiger partial charge in [-0.25, -0.2) is 19.4 Å². The summed E-state index contributed by atoms with van der Waals surface area (Å²) in [4.78, 5) is 130. The number of urea groups is 1. The van der Waals surface area contributed by atoms with Crippen molar-refractivity contribution < 1.29 is 57.4 Å². The van der Waals surface area contributed by atoms with Crippen molar-refractivity contribution in [3.05, 3.63) is 138 Å². The second-order valence-corrected chi connectivity index (χ2v) is 22.3. The van der Waals surface area contributed by atoms with Crippen LogP contribution >= 0.6 is 0 Å². The number of methoxy groups -OCH3 is 1. The molecule has 9 amide bonds. The molecule has 0 radical (unpaired) electrons. The number of carbonyl (C=O) groups is 9. The van der Waals surface area contributed by atoms with Crippen molar-refractivity contribution in [2.24, 2.45) is 0 Å². The molecule has 0 spiro atoms. The molecule has 3 fully saturated rings. The Kier molecular flexibility index (Phi) is 23.8. The number of benzene rings is 4. The van der Waals surface area contributed by atoms with Crippen LogP contribution in [-0.2, 0) is 67.3 Å². The molecule has 0 aromatic heterocycles. The number of hydrazine groups is 1. The molecule has 86 heavy (non-hydrogen) atoms. The molecule has 4 aromatic carbocycles. The lowest BCUT2D eigenvalue weighted by molar-refractivity contribution is -0.144. The van der Waals surface area contributed by atoms with Crippen molar-refractivity contribution in [1.82, 2.24) is 51.7 Å². The predicted molar refractivity (Wildman–Crippen MR) is 318 cm³/mol. The van der Waals surface area contributed by atoms with Crippen LogP contribution in [0.1, 0.15) is 88.8 Å². The lowest BCUT2D eigenvalue weighted by Gasteiger charge is -2.32. The minimum absolute atomic E-state index is 0.0304. The van der Waals surface area contributed by atoms with E-state index >= 15 is 0 Å². The summed E-state index contributed by atoms with van der Waals surface area (Å²) in [5, 5.41) is 26.0. The lowest BCUT2D eigenvalue weighted by atomic mass is 10.0. The fourth-order valence-corrected chi connectivity index (χ4v) is 10.4. The Bertz CT molecular complexity index is 2950. The van der Waals surface area contributed by atoms with Crippen LogP contribution in [0.3, 0.4) is 0 Å². The monoisotopic (exact) mass is 1180 g/mol. The molecule has 0 unspecified atom stereocenters. The van der Waals surface area contributed by atoms with Crippen LogP contribution in [0.15, 0.2) is 121 Å². The normalized spacial score (nSPS) is 17.4. The third-order valence-electron chi connectivity index (χ3n) is 14.7. The zero-order valence-electron chi connectivity index (χ0n) is 49.2. The van der Waals surface area contributed by atoms with Crippen LogP contribution in [0.25, 0.3) is 0 Å². The molecule has 24 nitrogen and oxygen atoms in total. The van der Waals surface area contributed by atoms with Gasteiger partial charge in [-0.15, -0.1) is 0 Å². The van der Waals surface area contributed by atoms with Gasteiger partial charge in [0.15, 0.2) is 5.96 Å². The first-order valence-corrected chi connectivity index (χ1v) is 29.2. The molecule has 0 saturated carbocycles. The first kappa shape index (κ1) is 64.5. The van der Waals surface area contributed by atoms with E-state index in [9.17, 15) is 43.2 Å². The van der Waals surface area contributed by atoms with Crippen LogP contribution < -0.4 is 37.3 Å². The molecule has 0 aliphatic carbocycles. The highest BCUT2D eigenvalue weighted by Gasteiger charge is 2.44. The maximum atomic E-state index is 14.9. The first-order valence-electron chi connectivity index (χ1n) is 29.2. The number of amides is 9. The van der Waals surface area contributed by atoms with E-state index < -0.39 is 96.0 Å². The molecule has 3 heterocycles. The van der Waals surface area contributed by atoms with Crippen LogP contribution in [0.5, 0.6) is 0 Å². The van der Waals surface area contributed by atoms with Gasteiger partial charge < -0.3 is 55.9 Å². The van der Waals surface area contributed by atoms with E-state index in [1.807, 2.05) is 60.7 Å². The van der Waals surface area contributed by atoms with Gasteiger partial charge in [-0.05, 0) is 101 Å². The van der Waals surface area contributed by atoms with E-state index in [1.54, 1.807) is 81.4 Å². The van der Waals surface area contributed by atoms with Gasteiger partial charge in [0.25, 0.3) is 5.91 Å². The van der Waals surface area contributed by atoms with Crippen molar-refractivity contribution >= 4 is 65.2 Å². The van der Waals surface area contributed by atoms with Crippen LogP contribution in [0.2, 0.25) is 0 Å². The molecule has 3 aliphatic heterocycles. The van der Waals surface area contributed by atoms with E-state index in [2.05, 4.69) is 37.3 Å². The number of carbonyl (C=O) groups excluding carboxylic acids is 9. The summed E-state index contributed by atoms with van der Waals surface area (Å²) >= 11 is 0. The van der Waals surface area contributed by atoms with Gasteiger partial charge >= 0.3 is 18.1 Å². The van der Waals surface area contributed by atoms with Gasteiger partial charge in [0, 0.05) is 38.3 Å². The Labute approximate surface area is 501 Å². The summed E-state index contributed by atoms with van der Waals surface area (Å²) in [6.07, 6.45) is 2.23. The maximum Gasteiger partial charge on any atom is 0.410 e. The van der Waals surface area contributed by atoms with Gasteiger partial charge in [0.1, 0.15) is 41.9 Å². The van der Waals surface area contributed by atoms with Crippen molar-refractivity contribution in [2.45, 2.75) is 134 Å². The number of hydrogen-bond donors (Lipinski definition) is 8. The van der Waals surface area contributed by atoms with Gasteiger partial charge in [-0.2, -0.15) is 0 Å². The van der Waals surface area contributed by atoms with Gasteiger partial charge in [-0.3, -0.25) is 44.5 Å². The quantitative estimate of drug-likeness (QED) is 0.0161. The Morgan fingerprint density at radius 1 is 0.640 bits per heavy atom. The van der Waals surface area contributed by atoms with Crippen molar-refractivity contribution in [3.8, 4) is 0 Å². The summed E-state index contributed by atoms with van der Waals surface area (Å²) in [6, 6.07) is 28.4. The zero-order chi connectivity index (χ0) is 61.6. The molecule has 4 aromatic rings. The second kappa shape index (κ2) is 31.7. The SMILES string of the molecule is COC(=O)[C@H](CCCNC(=N)Nc1ccccc1)NC(=O)N(Cc1ccccc1)NC(=O)[C@@H]1CCCN1C(=O)[C@H](COCc1ccccc1)NC(=O)[C@H](Cc1ccccc1)NC(=O)CNC(=O)[C@@H]1CCCN1C(=O)[C@@H]1CCCN1C(=O)OC(C)(C)C. The molecule has 24 heteroatoms. The third-order valence-corrected chi connectivity index (χ3v) is 14.7. The van der Waals surface area contributed by atoms with Crippen LogP contribution in [-0.4, -0.2) is 167 Å². The standard InChI is InChI=1S/C62H80N12O12/c1-62(2,3)86-61(83)73-36-20-32-51(73)57(80)72-35-18-30-49(72)54(77)65-38-52(75)67-47(37-42-21-9-5-10-22-42)53(76)68-48(41-85-40-44-25-13-7-14-26-44)56(79)71-34-19-31-50(71)55(78)70-74(39-43-23-11-6-12-24-43)60(82)69-46(58(81)84-4)29-17-33-64-59(63)66-45-27-15-8-16-28-45/h5-16,21-28,46-51H,17-20,29-41H2,1-4H3,(H,65,77)(H,67,75)(H,68,76)(H,69,82)(H,70,78)(H3,63,64,66)/t46-,47-,48-,49-,50-,51-/m0/s1. The minimum Gasteiger partial charge on any atom is -0.467 e. The van der Waals surface area contributed by atoms with Crippen LogP contribution in [0, 0.1) is 5.41 Å². The lowest BCUT2D eigenvalue weighted by Crippen LogP contribution is -2.60. The molecule has 8 N–H and O–H groups in total. The molecule has 3 saturated heterocycles. The van der Waals surface area contributed by atoms with Crippen molar-refractivity contribution in [2.75, 3.05) is 51.8 Å². The molecule has 460 valence electrons. The maximum absolute atomic E-state index is 14.9. The second-order valence-electron chi connectivity index (χ2n) is 22.3. The molecule has 7 rings (SSSR count). The highest BCUT2D eigenvalue weighted by molar-refractivity contribution is 5.97. The fraction of sp³-hybridized carbons (Fsp3) is 0.452. The average molecular weight is 1190 g/mol. The van der Waals surface area contributed by atoms with E-state index in [-0.39, 0.29) is 70.5 Å². The number of ether oxygens (including phenoxy) is 3. The highest BCUT2D eigenvalue weighted by atomic mass is 16.6. The largest absolute Gasteiger partial charge is 0.467 e.